The minimum absolute atomic E-state index is 0.0823. The molecule has 8 nitrogen and oxygen atoms in total. The number of carbonyl (C=O) groups excluding carboxylic acids is 1. The van der Waals surface area contributed by atoms with Crippen molar-refractivity contribution in [2.45, 2.75) is 53.5 Å². The summed E-state index contributed by atoms with van der Waals surface area (Å²) in [5, 5.41) is 9.45. The Morgan fingerprint density at radius 3 is 2.86 bits per heavy atom. The molecule has 0 atom stereocenters. The van der Waals surface area contributed by atoms with Crippen molar-refractivity contribution in [3.8, 4) is 0 Å². The number of aromatic nitrogens is 4. The van der Waals surface area contributed by atoms with Crippen molar-refractivity contribution in [3.05, 3.63) is 43.0 Å². The second kappa shape index (κ2) is 8.87. The van der Waals surface area contributed by atoms with Crippen LogP contribution in [0.3, 0.4) is 0 Å². The topological polar surface area (TPSA) is 105 Å². The number of thiophene rings is 1. The molecule has 29 heavy (non-hydrogen) atoms. The number of carbonyl (C=O) groups is 1. The van der Waals surface area contributed by atoms with Gasteiger partial charge in [-0.2, -0.15) is 10.2 Å². The van der Waals surface area contributed by atoms with E-state index in [0.29, 0.717) is 26.8 Å². The van der Waals surface area contributed by atoms with Crippen molar-refractivity contribution in [3.63, 3.8) is 0 Å². The van der Waals surface area contributed by atoms with Crippen molar-refractivity contribution in [1.82, 2.24) is 25.2 Å². The van der Waals surface area contributed by atoms with E-state index in [1.807, 2.05) is 20.8 Å². The molecular formula is C19H23ClN6O2S. The van der Waals surface area contributed by atoms with Crippen LogP contribution in [0.1, 0.15) is 47.3 Å². The lowest BCUT2D eigenvalue weighted by Crippen LogP contribution is -2.23. The van der Waals surface area contributed by atoms with Crippen LogP contribution in [0, 0.1) is 20.8 Å². The Labute approximate surface area is 177 Å². The number of nitrogens with one attached hydrogen (secondary N) is 2. The first-order valence-corrected chi connectivity index (χ1v) is 10.5. The molecule has 0 aliphatic rings. The number of rotatable bonds is 7. The highest BCUT2D eigenvalue weighted by atomic mass is 35.5. The van der Waals surface area contributed by atoms with E-state index in [9.17, 15) is 9.59 Å². The van der Waals surface area contributed by atoms with Gasteiger partial charge in [0.15, 0.2) is 0 Å². The average molecular weight is 435 g/mol. The summed E-state index contributed by atoms with van der Waals surface area (Å²) in [6, 6.07) is 0. The number of halogens is 1. The van der Waals surface area contributed by atoms with Crippen molar-refractivity contribution in [2.75, 3.05) is 0 Å². The molecular weight excluding hydrogens is 412 g/mol. The number of aryl methyl sites for hydroxylation is 4. The summed E-state index contributed by atoms with van der Waals surface area (Å²) in [4.78, 5) is 33.2. The summed E-state index contributed by atoms with van der Waals surface area (Å²) in [5.74, 6) is -0.0843. The molecule has 0 spiro atoms. The van der Waals surface area contributed by atoms with E-state index in [-0.39, 0.29) is 17.9 Å². The summed E-state index contributed by atoms with van der Waals surface area (Å²) < 4.78 is 1.73. The molecule has 3 aromatic heterocycles. The largest absolute Gasteiger partial charge is 0.309 e. The number of fused-ring (bicyclic) bond motifs is 1. The van der Waals surface area contributed by atoms with Crippen molar-refractivity contribution < 1.29 is 4.79 Å². The number of hydrogen-bond donors (Lipinski definition) is 2. The molecule has 0 aromatic carbocycles. The SMILES string of the molecule is CCCCn1nc(C)c(/C=N/NC(=O)Cc2nc3sc(C)c(C)c3c(=O)[nH]2)c1Cl. The molecule has 0 unspecified atom stereocenters. The molecule has 10 heteroatoms. The van der Waals surface area contributed by atoms with Gasteiger partial charge in [-0.05, 0) is 32.8 Å². The maximum atomic E-state index is 12.3. The summed E-state index contributed by atoms with van der Waals surface area (Å²) in [7, 11) is 0. The first-order chi connectivity index (χ1) is 13.8. The van der Waals surface area contributed by atoms with E-state index in [2.05, 4.69) is 32.5 Å². The molecule has 2 N–H and O–H groups in total. The maximum Gasteiger partial charge on any atom is 0.259 e. The number of nitrogens with zero attached hydrogens (tertiary/aromatic N) is 4. The fourth-order valence-corrected chi connectivity index (χ4v) is 4.27. The third-order valence-electron chi connectivity index (χ3n) is 4.63. The first-order valence-electron chi connectivity index (χ1n) is 9.35. The summed E-state index contributed by atoms with van der Waals surface area (Å²) >= 11 is 7.79. The van der Waals surface area contributed by atoms with Crippen LogP contribution in [0.5, 0.6) is 0 Å². The molecule has 3 aromatic rings. The van der Waals surface area contributed by atoms with E-state index in [1.165, 1.54) is 17.6 Å². The van der Waals surface area contributed by atoms with Gasteiger partial charge in [-0.1, -0.05) is 24.9 Å². The Morgan fingerprint density at radius 2 is 2.14 bits per heavy atom. The molecule has 0 aliphatic carbocycles. The minimum Gasteiger partial charge on any atom is -0.309 e. The number of hydrogen-bond acceptors (Lipinski definition) is 6. The molecule has 0 radical (unpaired) electrons. The Hall–Kier alpha value is -2.52. The van der Waals surface area contributed by atoms with Gasteiger partial charge in [-0.3, -0.25) is 14.3 Å². The van der Waals surface area contributed by atoms with Crippen LogP contribution in [-0.2, 0) is 17.8 Å². The lowest BCUT2D eigenvalue weighted by atomic mass is 10.2. The van der Waals surface area contributed by atoms with Gasteiger partial charge in [0.1, 0.15) is 15.8 Å². The molecule has 3 rings (SSSR count). The first kappa shape index (κ1) is 21.2. The zero-order valence-corrected chi connectivity index (χ0v) is 18.4. The Morgan fingerprint density at radius 1 is 1.38 bits per heavy atom. The maximum absolute atomic E-state index is 12.3. The van der Waals surface area contributed by atoms with Gasteiger partial charge in [0.05, 0.1) is 29.3 Å². The number of H-pyrrole nitrogens is 1. The number of amides is 1. The quantitative estimate of drug-likeness (QED) is 0.439. The van der Waals surface area contributed by atoms with E-state index in [4.69, 9.17) is 11.6 Å². The third-order valence-corrected chi connectivity index (χ3v) is 6.13. The van der Waals surface area contributed by atoms with E-state index >= 15 is 0 Å². The van der Waals surface area contributed by atoms with Crippen LogP contribution in [-0.4, -0.2) is 31.9 Å². The fourth-order valence-electron chi connectivity index (χ4n) is 2.91. The smallest absolute Gasteiger partial charge is 0.259 e. The van der Waals surface area contributed by atoms with Crippen molar-refractivity contribution >= 4 is 45.3 Å². The lowest BCUT2D eigenvalue weighted by Gasteiger charge is -2.01. The van der Waals surface area contributed by atoms with E-state index < -0.39 is 0 Å². The van der Waals surface area contributed by atoms with Crippen LogP contribution >= 0.6 is 22.9 Å². The van der Waals surface area contributed by atoms with E-state index in [1.54, 1.807) is 4.68 Å². The molecule has 0 saturated heterocycles. The van der Waals surface area contributed by atoms with Crippen LogP contribution in [0.2, 0.25) is 5.15 Å². The molecule has 0 fully saturated rings. The lowest BCUT2D eigenvalue weighted by molar-refractivity contribution is -0.120. The highest BCUT2D eigenvalue weighted by Crippen LogP contribution is 2.25. The normalized spacial score (nSPS) is 11.6. The second-order valence-electron chi connectivity index (χ2n) is 6.81. The summed E-state index contributed by atoms with van der Waals surface area (Å²) in [6.07, 6.45) is 3.42. The number of aromatic amines is 1. The fraction of sp³-hybridized carbons (Fsp3) is 0.421. The van der Waals surface area contributed by atoms with Crippen LogP contribution in [0.15, 0.2) is 9.90 Å². The Balaban J connectivity index is 1.68. The monoisotopic (exact) mass is 434 g/mol. The molecule has 0 bridgehead atoms. The van der Waals surface area contributed by atoms with Gasteiger partial charge in [-0.25, -0.2) is 10.4 Å². The van der Waals surface area contributed by atoms with Crippen LogP contribution < -0.4 is 11.0 Å². The van der Waals surface area contributed by atoms with Crippen LogP contribution in [0.25, 0.3) is 10.2 Å². The molecule has 154 valence electrons. The number of unbranched alkanes of at least 4 members (excludes halogenated alkanes) is 1. The highest BCUT2D eigenvalue weighted by molar-refractivity contribution is 7.18. The third kappa shape index (κ3) is 4.56. The van der Waals surface area contributed by atoms with Gasteiger partial charge in [0.2, 0.25) is 5.91 Å². The molecule has 0 saturated carbocycles. The van der Waals surface area contributed by atoms with Gasteiger partial charge in [0, 0.05) is 11.4 Å². The van der Waals surface area contributed by atoms with Gasteiger partial charge in [-0.15, -0.1) is 11.3 Å². The predicted molar refractivity (Wildman–Crippen MR) is 116 cm³/mol. The Bertz CT molecular complexity index is 1140. The van der Waals surface area contributed by atoms with Crippen LogP contribution in [0.4, 0.5) is 0 Å². The van der Waals surface area contributed by atoms with E-state index in [0.717, 1.165) is 35.5 Å². The van der Waals surface area contributed by atoms with Crippen molar-refractivity contribution in [1.29, 1.82) is 0 Å². The predicted octanol–water partition coefficient (Wildman–Crippen LogP) is 3.25. The summed E-state index contributed by atoms with van der Waals surface area (Å²) in [5.41, 5.74) is 4.54. The van der Waals surface area contributed by atoms with Gasteiger partial charge in [0.25, 0.3) is 5.56 Å². The van der Waals surface area contributed by atoms with Gasteiger partial charge < -0.3 is 4.98 Å². The highest BCUT2D eigenvalue weighted by Gasteiger charge is 2.14. The molecule has 1 amide bonds. The Kier molecular flexibility index (Phi) is 6.49. The average Bonchev–Trinajstić information content (AvgIpc) is 3.09. The second-order valence-corrected chi connectivity index (χ2v) is 8.37. The number of hydrazone groups is 1. The molecule has 0 aliphatic heterocycles. The van der Waals surface area contributed by atoms with Gasteiger partial charge >= 0.3 is 0 Å². The summed E-state index contributed by atoms with van der Waals surface area (Å²) in [6.45, 7) is 8.51. The zero-order valence-electron chi connectivity index (χ0n) is 16.8. The standard InChI is InChI=1S/C19H23ClN6O2S/c1-5-6-7-26-17(20)13(11(3)25-26)9-21-24-15(27)8-14-22-18(28)16-10(2)12(4)29-19(16)23-14/h9H,5-8H2,1-4H3,(H,24,27)(H,22,23,28)/b21-9+. The minimum atomic E-state index is -0.388. The van der Waals surface area contributed by atoms with Crippen molar-refractivity contribution in [2.24, 2.45) is 5.10 Å². The zero-order chi connectivity index (χ0) is 21.1. The molecule has 3 heterocycles.